The largest absolute Gasteiger partial charge is 0.292 e. The number of aliphatic imine (C=N–C) groups is 1. The molecule has 4 rings (SSSR count). The standard InChI is InChI=1S/C23H21N/c1-3-9-19(10-4-1)15-23(16-20-11-5-2-6-12-20)18-24-17-21-13-7-8-14-22(21)23/h1-14,18H,15-17H2. The molecule has 0 aromatic heterocycles. The Bertz CT molecular complexity index is 793. The van der Waals surface area contributed by atoms with Gasteiger partial charge in [0.2, 0.25) is 0 Å². The first-order chi connectivity index (χ1) is 11.9. The summed E-state index contributed by atoms with van der Waals surface area (Å²) in [6.07, 6.45) is 4.15. The third-order valence-electron chi connectivity index (χ3n) is 4.88. The van der Waals surface area contributed by atoms with Gasteiger partial charge in [0.15, 0.2) is 0 Å². The van der Waals surface area contributed by atoms with Gasteiger partial charge >= 0.3 is 0 Å². The van der Waals surface area contributed by atoms with Gasteiger partial charge in [-0.15, -0.1) is 0 Å². The normalized spacial score (nSPS) is 15.0. The lowest BCUT2D eigenvalue weighted by atomic mass is 9.69. The van der Waals surface area contributed by atoms with Crippen LogP contribution in [-0.2, 0) is 24.8 Å². The van der Waals surface area contributed by atoms with Crippen molar-refractivity contribution < 1.29 is 0 Å². The number of nitrogens with zero attached hydrogens (tertiary/aromatic N) is 1. The lowest BCUT2D eigenvalue weighted by molar-refractivity contribution is 0.559. The third-order valence-corrected chi connectivity index (χ3v) is 4.88. The second-order valence-corrected chi connectivity index (χ2v) is 6.61. The molecule has 3 aromatic rings. The second-order valence-electron chi connectivity index (χ2n) is 6.61. The molecule has 0 atom stereocenters. The zero-order valence-corrected chi connectivity index (χ0v) is 13.7. The van der Waals surface area contributed by atoms with Crippen LogP contribution in [0.2, 0.25) is 0 Å². The highest BCUT2D eigenvalue weighted by atomic mass is 14.7. The lowest BCUT2D eigenvalue weighted by Gasteiger charge is -2.35. The Morgan fingerprint density at radius 2 is 1.21 bits per heavy atom. The summed E-state index contributed by atoms with van der Waals surface area (Å²) in [6.45, 7) is 0.793. The Labute approximate surface area is 143 Å². The molecule has 0 fully saturated rings. The second kappa shape index (κ2) is 6.45. The Morgan fingerprint density at radius 3 is 1.83 bits per heavy atom. The quantitative estimate of drug-likeness (QED) is 0.643. The summed E-state index contributed by atoms with van der Waals surface area (Å²) < 4.78 is 0. The predicted molar refractivity (Wildman–Crippen MR) is 101 cm³/mol. The summed E-state index contributed by atoms with van der Waals surface area (Å²) in [6, 6.07) is 30.3. The van der Waals surface area contributed by atoms with E-state index in [1.54, 1.807) is 0 Å². The van der Waals surface area contributed by atoms with Gasteiger partial charge in [0.1, 0.15) is 0 Å². The molecular weight excluding hydrogens is 290 g/mol. The first-order valence-electron chi connectivity index (χ1n) is 8.53. The van der Waals surface area contributed by atoms with E-state index in [1.165, 1.54) is 22.3 Å². The minimum Gasteiger partial charge on any atom is -0.292 e. The van der Waals surface area contributed by atoms with E-state index < -0.39 is 0 Å². The summed E-state index contributed by atoms with van der Waals surface area (Å²) in [5, 5.41) is 0. The van der Waals surface area contributed by atoms with Crippen molar-refractivity contribution in [2.75, 3.05) is 0 Å². The Hall–Kier alpha value is -2.67. The van der Waals surface area contributed by atoms with E-state index in [0.717, 1.165) is 19.4 Å². The summed E-state index contributed by atoms with van der Waals surface area (Å²) in [5.74, 6) is 0. The van der Waals surface area contributed by atoms with Crippen molar-refractivity contribution in [1.29, 1.82) is 0 Å². The number of fused-ring (bicyclic) bond motifs is 1. The van der Waals surface area contributed by atoms with Gasteiger partial charge in [-0.05, 0) is 35.1 Å². The molecular formula is C23H21N. The molecule has 1 aliphatic rings. The highest BCUT2D eigenvalue weighted by Crippen LogP contribution is 2.36. The van der Waals surface area contributed by atoms with Crippen LogP contribution in [0.3, 0.4) is 0 Å². The van der Waals surface area contributed by atoms with Gasteiger partial charge in [-0.2, -0.15) is 0 Å². The molecule has 24 heavy (non-hydrogen) atoms. The smallest absolute Gasteiger partial charge is 0.0639 e. The van der Waals surface area contributed by atoms with Gasteiger partial charge in [0.25, 0.3) is 0 Å². The number of benzene rings is 3. The fourth-order valence-electron chi connectivity index (χ4n) is 3.80. The monoisotopic (exact) mass is 311 g/mol. The average molecular weight is 311 g/mol. The van der Waals surface area contributed by atoms with Crippen LogP contribution in [0.25, 0.3) is 0 Å². The van der Waals surface area contributed by atoms with Crippen LogP contribution in [-0.4, -0.2) is 6.21 Å². The maximum absolute atomic E-state index is 4.74. The Kier molecular flexibility index (Phi) is 4.00. The van der Waals surface area contributed by atoms with Gasteiger partial charge in [0, 0.05) is 11.6 Å². The van der Waals surface area contributed by atoms with E-state index in [4.69, 9.17) is 4.99 Å². The highest BCUT2D eigenvalue weighted by Gasteiger charge is 2.34. The molecule has 3 aromatic carbocycles. The summed E-state index contributed by atoms with van der Waals surface area (Å²) >= 11 is 0. The van der Waals surface area contributed by atoms with E-state index in [0.29, 0.717) is 0 Å². The zero-order valence-electron chi connectivity index (χ0n) is 13.7. The van der Waals surface area contributed by atoms with Gasteiger partial charge in [-0.25, -0.2) is 0 Å². The van der Waals surface area contributed by atoms with E-state index in [2.05, 4.69) is 91.1 Å². The minimum absolute atomic E-state index is 0.0719. The van der Waals surface area contributed by atoms with Crippen LogP contribution in [0, 0.1) is 0 Å². The molecule has 118 valence electrons. The first-order valence-corrected chi connectivity index (χ1v) is 8.53. The fraction of sp³-hybridized carbons (Fsp3) is 0.174. The van der Waals surface area contributed by atoms with Crippen LogP contribution >= 0.6 is 0 Å². The third kappa shape index (κ3) is 2.90. The maximum atomic E-state index is 4.74. The molecule has 0 N–H and O–H groups in total. The molecule has 0 aliphatic carbocycles. The van der Waals surface area contributed by atoms with Crippen LogP contribution in [0.15, 0.2) is 89.9 Å². The first kappa shape index (κ1) is 14.9. The molecule has 0 amide bonds. The van der Waals surface area contributed by atoms with Gasteiger partial charge in [0.05, 0.1) is 6.54 Å². The van der Waals surface area contributed by atoms with Crippen molar-refractivity contribution in [1.82, 2.24) is 0 Å². The van der Waals surface area contributed by atoms with Crippen molar-refractivity contribution in [3.05, 3.63) is 107 Å². The maximum Gasteiger partial charge on any atom is 0.0639 e. The molecule has 0 saturated heterocycles. The molecule has 1 heterocycles. The van der Waals surface area contributed by atoms with Crippen molar-refractivity contribution >= 4 is 6.21 Å². The highest BCUT2D eigenvalue weighted by molar-refractivity contribution is 5.77. The van der Waals surface area contributed by atoms with Crippen LogP contribution in [0.1, 0.15) is 22.3 Å². The topological polar surface area (TPSA) is 12.4 Å². The summed E-state index contributed by atoms with van der Waals surface area (Å²) in [5.41, 5.74) is 5.42. The van der Waals surface area contributed by atoms with Crippen molar-refractivity contribution in [2.45, 2.75) is 24.8 Å². The number of hydrogen-bond acceptors (Lipinski definition) is 1. The summed E-state index contributed by atoms with van der Waals surface area (Å²) in [7, 11) is 0. The van der Waals surface area contributed by atoms with Crippen molar-refractivity contribution in [3.63, 3.8) is 0 Å². The van der Waals surface area contributed by atoms with Crippen LogP contribution in [0.5, 0.6) is 0 Å². The number of hydrogen-bond donors (Lipinski definition) is 0. The zero-order chi connectivity index (χ0) is 16.2. The van der Waals surface area contributed by atoms with E-state index in [-0.39, 0.29) is 5.41 Å². The molecule has 0 spiro atoms. The van der Waals surface area contributed by atoms with Gasteiger partial charge in [-0.1, -0.05) is 84.9 Å². The number of rotatable bonds is 4. The predicted octanol–water partition coefficient (Wildman–Crippen LogP) is 4.99. The molecule has 1 aliphatic heterocycles. The Balaban J connectivity index is 1.80. The van der Waals surface area contributed by atoms with Crippen molar-refractivity contribution in [2.24, 2.45) is 4.99 Å². The molecule has 1 heteroatoms. The lowest BCUT2D eigenvalue weighted by Crippen LogP contribution is -2.36. The average Bonchev–Trinajstić information content (AvgIpc) is 2.64. The SMILES string of the molecule is C1=NCc2ccccc2C1(Cc1ccccc1)Cc1ccccc1. The van der Waals surface area contributed by atoms with Crippen molar-refractivity contribution in [3.8, 4) is 0 Å². The molecule has 0 radical (unpaired) electrons. The van der Waals surface area contributed by atoms with E-state index in [1.807, 2.05) is 0 Å². The fourth-order valence-corrected chi connectivity index (χ4v) is 3.80. The molecule has 1 nitrogen and oxygen atoms in total. The molecule has 0 saturated carbocycles. The van der Waals surface area contributed by atoms with E-state index >= 15 is 0 Å². The molecule has 0 bridgehead atoms. The van der Waals surface area contributed by atoms with Gasteiger partial charge < -0.3 is 0 Å². The molecule has 0 unspecified atom stereocenters. The van der Waals surface area contributed by atoms with Crippen LogP contribution in [0.4, 0.5) is 0 Å². The van der Waals surface area contributed by atoms with E-state index in [9.17, 15) is 0 Å². The minimum atomic E-state index is -0.0719. The van der Waals surface area contributed by atoms with Gasteiger partial charge in [-0.3, -0.25) is 4.99 Å². The Morgan fingerprint density at radius 1 is 0.667 bits per heavy atom. The van der Waals surface area contributed by atoms with Crippen LogP contribution < -0.4 is 0 Å². The summed E-state index contributed by atoms with van der Waals surface area (Å²) in [4.78, 5) is 4.74.